The zero-order valence-corrected chi connectivity index (χ0v) is 12.2. The predicted molar refractivity (Wildman–Crippen MR) is 73.4 cm³/mol. The molecule has 19 heavy (non-hydrogen) atoms. The first-order valence-corrected chi connectivity index (χ1v) is 6.93. The van der Waals surface area contributed by atoms with E-state index in [1.165, 1.54) is 0 Å². The molecule has 3 atom stereocenters. The molecule has 0 saturated heterocycles. The van der Waals surface area contributed by atoms with E-state index in [-0.39, 0.29) is 11.2 Å². The first kappa shape index (κ1) is 16.3. The van der Waals surface area contributed by atoms with Crippen molar-refractivity contribution in [2.45, 2.75) is 59.2 Å². The Kier molecular flexibility index (Phi) is 5.71. The van der Waals surface area contributed by atoms with Crippen LogP contribution in [0, 0.1) is 17.3 Å². The lowest BCUT2D eigenvalue weighted by Gasteiger charge is -2.53. The number of rotatable bonds is 8. The molecular weight excluding hydrogens is 244 g/mol. The first-order valence-electron chi connectivity index (χ1n) is 6.93. The van der Waals surface area contributed by atoms with E-state index < -0.39 is 6.29 Å². The van der Waals surface area contributed by atoms with Crippen molar-refractivity contribution in [3.8, 4) is 0 Å². The van der Waals surface area contributed by atoms with Gasteiger partial charge < -0.3 is 9.90 Å². The molecule has 0 aromatic heterocycles. The summed E-state index contributed by atoms with van der Waals surface area (Å²) >= 11 is 0. The molecule has 0 heterocycles. The number of carbonyl (C=O) groups excluding carboxylic acids is 1. The molecule has 0 bridgehead atoms. The van der Waals surface area contributed by atoms with Crippen LogP contribution in [-0.2, 0) is 9.68 Å². The highest BCUT2D eigenvalue weighted by Crippen LogP contribution is 2.55. The highest BCUT2D eigenvalue weighted by molar-refractivity contribution is 5.75. The van der Waals surface area contributed by atoms with Gasteiger partial charge in [0.05, 0.1) is 0 Å². The van der Waals surface area contributed by atoms with Gasteiger partial charge in [-0.15, -0.1) is 0 Å². The van der Waals surface area contributed by atoms with Gasteiger partial charge in [0.1, 0.15) is 5.78 Å². The van der Waals surface area contributed by atoms with Crippen LogP contribution < -0.4 is 0 Å². The van der Waals surface area contributed by atoms with Crippen LogP contribution in [0.25, 0.3) is 0 Å². The lowest BCUT2D eigenvalue weighted by Crippen LogP contribution is -2.44. The molecule has 2 N–H and O–H groups in total. The highest BCUT2D eigenvalue weighted by Gasteiger charge is 2.47. The lowest BCUT2D eigenvalue weighted by atomic mass is 9.52. The van der Waals surface area contributed by atoms with Crippen molar-refractivity contribution in [3.63, 3.8) is 0 Å². The second-order valence-electron chi connectivity index (χ2n) is 6.40. The minimum absolute atomic E-state index is 0.233. The molecule has 1 unspecified atom stereocenters. The monoisotopic (exact) mass is 270 g/mol. The summed E-state index contributed by atoms with van der Waals surface area (Å²) in [5.74, 6) is 1.13. The van der Waals surface area contributed by atoms with Crippen LogP contribution in [0.2, 0.25) is 0 Å². The highest BCUT2D eigenvalue weighted by atomic mass is 17.1. The Labute approximate surface area is 115 Å². The second-order valence-corrected chi connectivity index (χ2v) is 6.40. The van der Waals surface area contributed by atoms with Crippen molar-refractivity contribution in [1.82, 2.24) is 0 Å². The Morgan fingerprint density at radius 1 is 1.47 bits per heavy atom. The zero-order chi connectivity index (χ0) is 14.6. The number of allylic oxidation sites excluding steroid dienone is 1. The van der Waals surface area contributed by atoms with Gasteiger partial charge in [-0.05, 0) is 43.4 Å². The lowest BCUT2D eigenvalue weighted by molar-refractivity contribution is -0.335. The minimum atomic E-state index is -1.14. The first-order chi connectivity index (χ1) is 8.77. The predicted octanol–water partition coefficient (Wildman–Crippen LogP) is 3.16. The maximum Gasteiger partial charge on any atom is 0.188 e. The fraction of sp³-hybridized carbons (Fsp3) is 0.800. The number of ketones is 1. The molecule has 4 nitrogen and oxygen atoms in total. The summed E-state index contributed by atoms with van der Waals surface area (Å²) < 4.78 is 0. The molecule has 1 saturated carbocycles. The topological polar surface area (TPSA) is 66.8 Å². The van der Waals surface area contributed by atoms with E-state index in [0.29, 0.717) is 31.1 Å². The van der Waals surface area contributed by atoms with E-state index in [1.54, 1.807) is 6.92 Å². The molecule has 0 aliphatic heterocycles. The van der Waals surface area contributed by atoms with Crippen LogP contribution in [0.15, 0.2) is 12.2 Å². The maximum absolute atomic E-state index is 11.1. The molecule has 0 aromatic carbocycles. The van der Waals surface area contributed by atoms with E-state index >= 15 is 0 Å². The largest absolute Gasteiger partial charge is 0.366 e. The smallest absolute Gasteiger partial charge is 0.188 e. The van der Waals surface area contributed by atoms with Crippen molar-refractivity contribution in [2.24, 2.45) is 17.3 Å². The summed E-state index contributed by atoms with van der Waals surface area (Å²) in [7, 11) is 0. The van der Waals surface area contributed by atoms with E-state index in [2.05, 4.69) is 25.3 Å². The van der Waals surface area contributed by atoms with Gasteiger partial charge in [-0.3, -0.25) is 0 Å². The van der Waals surface area contributed by atoms with Gasteiger partial charge in [0.25, 0.3) is 0 Å². The van der Waals surface area contributed by atoms with Crippen LogP contribution in [0.1, 0.15) is 52.9 Å². The number of aliphatic hydroxyl groups excluding tert-OH is 1. The zero-order valence-electron chi connectivity index (χ0n) is 12.2. The third-order valence-electron chi connectivity index (χ3n) is 4.40. The number of aliphatic hydroxyl groups is 1. The maximum atomic E-state index is 11.1. The van der Waals surface area contributed by atoms with Gasteiger partial charge in [0.15, 0.2) is 6.29 Å². The fourth-order valence-electron chi connectivity index (χ4n) is 3.17. The Hall–Kier alpha value is -0.710. The van der Waals surface area contributed by atoms with E-state index in [9.17, 15) is 4.79 Å². The van der Waals surface area contributed by atoms with Crippen molar-refractivity contribution in [2.75, 3.05) is 0 Å². The fourth-order valence-corrected chi connectivity index (χ4v) is 3.17. The van der Waals surface area contributed by atoms with Crippen molar-refractivity contribution >= 4 is 5.78 Å². The summed E-state index contributed by atoms with van der Waals surface area (Å²) in [6, 6.07) is 0. The van der Waals surface area contributed by atoms with Gasteiger partial charge in [0.2, 0.25) is 0 Å². The Morgan fingerprint density at radius 2 is 2.11 bits per heavy atom. The molecule has 1 aliphatic rings. The minimum Gasteiger partial charge on any atom is -0.366 e. The average Bonchev–Trinajstić information content (AvgIpc) is 2.32. The van der Waals surface area contributed by atoms with Gasteiger partial charge >= 0.3 is 0 Å². The van der Waals surface area contributed by atoms with Crippen molar-refractivity contribution in [3.05, 3.63) is 12.2 Å². The molecule has 1 fully saturated rings. The van der Waals surface area contributed by atoms with Crippen LogP contribution in [0.3, 0.4) is 0 Å². The molecule has 110 valence electrons. The van der Waals surface area contributed by atoms with Gasteiger partial charge in [-0.1, -0.05) is 26.0 Å². The third-order valence-corrected chi connectivity index (χ3v) is 4.40. The van der Waals surface area contributed by atoms with Gasteiger partial charge in [-0.2, -0.15) is 0 Å². The summed E-state index contributed by atoms with van der Waals surface area (Å²) in [4.78, 5) is 15.0. The Morgan fingerprint density at radius 3 is 2.58 bits per heavy atom. The average molecular weight is 270 g/mol. The summed E-state index contributed by atoms with van der Waals surface area (Å²) in [6.07, 6.45) is 2.46. The normalized spacial score (nSPS) is 26.6. The quantitative estimate of drug-likeness (QED) is 0.308. The molecule has 1 aliphatic carbocycles. The number of carbonyl (C=O) groups is 1. The van der Waals surface area contributed by atoms with E-state index in [4.69, 9.17) is 10.4 Å². The molecular formula is C15H26O4. The van der Waals surface area contributed by atoms with Crippen LogP contribution in [0.4, 0.5) is 0 Å². The summed E-state index contributed by atoms with van der Waals surface area (Å²) in [6.45, 7) is 10.2. The van der Waals surface area contributed by atoms with Gasteiger partial charge in [-0.25, -0.2) is 10.1 Å². The standard InChI is InChI=1S/C15H26O4/c1-10(5-8-14(17)19-18)12-9-15(3,4)13(12)7-6-11(2)16/h12-14,17-18H,1,5-9H2,2-4H3/t12-,13-,14?/m1/s1. The van der Waals surface area contributed by atoms with Gasteiger partial charge in [0, 0.05) is 12.8 Å². The molecule has 0 amide bonds. The van der Waals surface area contributed by atoms with Crippen LogP contribution in [-0.4, -0.2) is 22.4 Å². The molecule has 4 heteroatoms. The summed E-state index contributed by atoms with van der Waals surface area (Å²) in [5.41, 5.74) is 1.35. The third kappa shape index (κ3) is 4.41. The molecule has 0 spiro atoms. The van der Waals surface area contributed by atoms with Crippen molar-refractivity contribution in [1.29, 1.82) is 0 Å². The Balaban J connectivity index is 2.48. The molecule has 0 radical (unpaired) electrons. The van der Waals surface area contributed by atoms with Crippen LogP contribution in [0.5, 0.6) is 0 Å². The van der Waals surface area contributed by atoms with Crippen molar-refractivity contribution < 1.29 is 20.0 Å². The second kappa shape index (κ2) is 6.64. The number of hydrogen-bond acceptors (Lipinski definition) is 4. The summed E-state index contributed by atoms with van der Waals surface area (Å²) in [5, 5.41) is 17.5. The van der Waals surface area contributed by atoms with E-state index in [1.807, 2.05) is 0 Å². The SMILES string of the molecule is C=C(CCC(O)OO)[C@H]1CC(C)(C)[C@@H]1CCC(C)=O. The molecule has 0 aromatic rings. The van der Waals surface area contributed by atoms with Crippen LogP contribution >= 0.6 is 0 Å². The number of hydrogen-bond donors (Lipinski definition) is 2. The van der Waals surface area contributed by atoms with E-state index in [0.717, 1.165) is 18.4 Å². The Bertz CT molecular complexity index is 335. The molecule has 1 rings (SSSR count). The number of Topliss-reactive ketones (excluding diaryl/α,β-unsaturated/α-hetero) is 1.